The van der Waals surface area contributed by atoms with E-state index in [2.05, 4.69) is 44.9 Å². The van der Waals surface area contributed by atoms with Crippen molar-refractivity contribution < 1.29 is 4.74 Å². The Labute approximate surface area is 149 Å². The van der Waals surface area contributed by atoms with Crippen molar-refractivity contribution in [2.24, 2.45) is 4.99 Å². The number of ether oxygens (including phenoxy) is 1. The molecule has 1 aliphatic rings. The first-order chi connectivity index (χ1) is 12.2. The molecule has 1 aliphatic heterocycles. The van der Waals surface area contributed by atoms with E-state index in [-0.39, 0.29) is 0 Å². The van der Waals surface area contributed by atoms with Gasteiger partial charge in [0.15, 0.2) is 5.96 Å². The number of aryl methyl sites for hydroxylation is 1. The highest BCUT2D eigenvalue weighted by atomic mass is 16.5. The molecule has 0 unspecified atom stereocenters. The molecular formula is C20H26N4O. The second kappa shape index (κ2) is 8.51. The van der Waals surface area contributed by atoms with E-state index in [4.69, 9.17) is 4.74 Å². The van der Waals surface area contributed by atoms with Gasteiger partial charge in [-0.25, -0.2) is 0 Å². The standard InChI is InChI=1S/C20H26N4O/c1-15-3-4-17(14-24-15)8-11-23-20(21-2)22-10-7-16-5-6-19-18(13-16)9-12-25-19/h3-6,13-14H,7-12H2,1-2H3,(H2,21,22,23). The number of aromatic nitrogens is 1. The van der Waals surface area contributed by atoms with E-state index in [9.17, 15) is 0 Å². The van der Waals surface area contributed by atoms with Crippen LogP contribution in [0.25, 0.3) is 0 Å². The monoisotopic (exact) mass is 338 g/mol. The Kier molecular flexibility index (Phi) is 5.88. The van der Waals surface area contributed by atoms with Crippen LogP contribution in [0.2, 0.25) is 0 Å². The molecular weight excluding hydrogens is 312 g/mol. The van der Waals surface area contributed by atoms with E-state index >= 15 is 0 Å². The molecule has 0 bridgehead atoms. The van der Waals surface area contributed by atoms with Crippen LogP contribution in [0.1, 0.15) is 22.4 Å². The van der Waals surface area contributed by atoms with Crippen molar-refractivity contribution in [3.63, 3.8) is 0 Å². The molecule has 0 atom stereocenters. The lowest BCUT2D eigenvalue weighted by Crippen LogP contribution is -2.39. The van der Waals surface area contributed by atoms with Gasteiger partial charge in [-0.15, -0.1) is 0 Å². The Morgan fingerprint density at radius 1 is 1.12 bits per heavy atom. The van der Waals surface area contributed by atoms with Gasteiger partial charge in [-0.3, -0.25) is 9.98 Å². The highest BCUT2D eigenvalue weighted by Gasteiger charge is 2.11. The van der Waals surface area contributed by atoms with Crippen LogP contribution in [-0.2, 0) is 19.3 Å². The third-order valence-corrected chi connectivity index (χ3v) is 4.36. The molecule has 2 aromatic rings. The minimum atomic E-state index is 0.810. The molecule has 25 heavy (non-hydrogen) atoms. The van der Waals surface area contributed by atoms with Crippen molar-refractivity contribution in [1.82, 2.24) is 15.6 Å². The van der Waals surface area contributed by atoms with Crippen LogP contribution in [-0.4, -0.2) is 37.7 Å². The van der Waals surface area contributed by atoms with Crippen LogP contribution in [0, 0.1) is 6.92 Å². The number of fused-ring (bicyclic) bond motifs is 1. The quantitative estimate of drug-likeness (QED) is 0.627. The predicted octanol–water partition coefficient (Wildman–Crippen LogP) is 2.28. The number of nitrogens with zero attached hydrogens (tertiary/aromatic N) is 2. The smallest absolute Gasteiger partial charge is 0.190 e. The third-order valence-electron chi connectivity index (χ3n) is 4.36. The Morgan fingerprint density at radius 2 is 1.88 bits per heavy atom. The Bertz CT molecular complexity index is 725. The van der Waals surface area contributed by atoms with Crippen molar-refractivity contribution in [1.29, 1.82) is 0 Å². The van der Waals surface area contributed by atoms with Crippen molar-refractivity contribution in [3.8, 4) is 5.75 Å². The lowest BCUT2D eigenvalue weighted by atomic mass is 10.1. The Morgan fingerprint density at radius 3 is 2.60 bits per heavy atom. The summed E-state index contributed by atoms with van der Waals surface area (Å²) in [6, 6.07) is 10.7. The molecule has 0 radical (unpaired) electrons. The van der Waals surface area contributed by atoms with Gasteiger partial charge in [0.05, 0.1) is 6.61 Å². The number of pyridine rings is 1. The summed E-state index contributed by atoms with van der Waals surface area (Å²) in [7, 11) is 1.80. The summed E-state index contributed by atoms with van der Waals surface area (Å²) in [4.78, 5) is 8.60. The van der Waals surface area contributed by atoms with Crippen LogP contribution in [0.5, 0.6) is 5.75 Å². The minimum absolute atomic E-state index is 0.810. The SMILES string of the molecule is CN=C(NCCc1ccc(C)nc1)NCCc1ccc2c(c1)CCO2. The highest BCUT2D eigenvalue weighted by molar-refractivity contribution is 5.79. The molecule has 132 valence electrons. The third kappa shape index (κ3) is 4.95. The number of benzene rings is 1. The second-order valence-electron chi connectivity index (χ2n) is 6.27. The van der Waals surface area contributed by atoms with Gasteiger partial charge in [0, 0.05) is 38.4 Å². The number of hydrogen-bond acceptors (Lipinski definition) is 3. The fourth-order valence-electron chi connectivity index (χ4n) is 2.91. The normalized spacial score (nSPS) is 13.3. The first kappa shape index (κ1) is 17.3. The summed E-state index contributed by atoms with van der Waals surface area (Å²) in [5.41, 5.74) is 4.94. The molecule has 2 heterocycles. The van der Waals surface area contributed by atoms with Crippen LogP contribution in [0.4, 0.5) is 0 Å². The van der Waals surface area contributed by atoms with Crippen molar-refractivity contribution in [2.45, 2.75) is 26.2 Å². The summed E-state index contributed by atoms with van der Waals surface area (Å²) >= 11 is 0. The zero-order valence-corrected chi connectivity index (χ0v) is 15.0. The molecule has 3 rings (SSSR count). The molecule has 0 fully saturated rings. The average molecular weight is 338 g/mol. The van der Waals surface area contributed by atoms with Crippen LogP contribution in [0.3, 0.4) is 0 Å². The molecule has 0 saturated heterocycles. The van der Waals surface area contributed by atoms with Crippen LogP contribution >= 0.6 is 0 Å². The van der Waals surface area contributed by atoms with E-state index in [0.717, 1.165) is 56.4 Å². The van der Waals surface area contributed by atoms with Gasteiger partial charge in [-0.1, -0.05) is 18.2 Å². The summed E-state index contributed by atoms with van der Waals surface area (Å²) in [5, 5.41) is 6.72. The van der Waals surface area contributed by atoms with E-state index in [1.165, 1.54) is 16.7 Å². The fraction of sp³-hybridized carbons (Fsp3) is 0.400. The second-order valence-corrected chi connectivity index (χ2v) is 6.27. The number of hydrogen-bond donors (Lipinski definition) is 2. The van der Waals surface area contributed by atoms with Gasteiger partial charge >= 0.3 is 0 Å². The Balaban J connectivity index is 1.39. The van der Waals surface area contributed by atoms with E-state index < -0.39 is 0 Å². The zero-order valence-electron chi connectivity index (χ0n) is 15.0. The largest absolute Gasteiger partial charge is 0.493 e. The molecule has 1 aromatic heterocycles. The molecule has 2 N–H and O–H groups in total. The van der Waals surface area contributed by atoms with Crippen LogP contribution in [0.15, 0.2) is 41.5 Å². The van der Waals surface area contributed by atoms with Gasteiger partial charge in [0.2, 0.25) is 0 Å². The fourth-order valence-corrected chi connectivity index (χ4v) is 2.91. The molecule has 5 nitrogen and oxygen atoms in total. The topological polar surface area (TPSA) is 58.5 Å². The molecule has 5 heteroatoms. The highest BCUT2D eigenvalue weighted by Crippen LogP contribution is 2.25. The van der Waals surface area contributed by atoms with E-state index in [0.29, 0.717) is 0 Å². The van der Waals surface area contributed by atoms with Gasteiger partial charge in [-0.05, 0) is 48.6 Å². The Hall–Kier alpha value is -2.56. The van der Waals surface area contributed by atoms with E-state index in [1.54, 1.807) is 7.05 Å². The lowest BCUT2D eigenvalue weighted by Gasteiger charge is -2.12. The van der Waals surface area contributed by atoms with Gasteiger partial charge in [0.1, 0.15) is 5.75 Å². The molecule has 1 aromatic carbocycles. The zero-order chi connectivity index (χ0) is 17.5. The average Bonchev–Trinajstić information content (AvgIpc) is 3.10. The molecule has 0 saturated carbocycles. The van der Waals surface area contributed by atoms with Gasteiger partial charge in [-0.2, -0.15) is 0 Å². The number of aliphatic imine (C=N–C) groups is 1. The molecule has 0 spiro atoms. The number of guanidine groups is 1. The molecule has 0 aliphatic carbocycles. The first-order valence-corrected chi connectivity index (χ1v) is 8.85. The maximum absolute atomic E-state index is 5.55. The summed E-state index contributed by atoms with van der Waals surface area (Å²) in [5.74, 6) is 1.88. The number of nitrogens with one attached hydrogen (secondary N) is 2. The lowest BCUT2D eigenvalue weighted by molar-refractivity contribution is 0.357. The number of rotatable bonds is 6. The minimum Gasteiger partial charge on any atom is -0.493 e. The summed E-state index contributed by atoms with van der Waals surface area (Å²) < 4.78 is 5.55. The maximum atomic E-state index is 5.55. The maximum Gasteiger partial charge on any atom is 0.190 e. The van der Waals surface area contributed by atoms with Gasteiger partial charge < -0.3 is 15.4 Å². The van der Waals surface area contributed by atoms with Crippen LogP contribution < -0.4 is 15.4 Å². The predicted molar refractivity (Wildman–Crippen MR) is 101 cm³/mol. The van der Waals surface area contributed by atoms with E-state index in [1.807, 2.05) is 19.2 Å². The van der Waals surface area contributed by atoms with Crippen molar-refractivity contribution in [2.75, 3.05) is 26.7 Å². The van der Waals surface area contributed by atoms with Crippen molar-refractivity contribution >= 4 is 5.96 Å². The molecule has 0 amide bonds. The van der Waals surface area contributed by atoms with Crippen molar-refractivity contribution in [3.05, 3.63) is 58.9 Å². The summed E-state index contributed by atoms with van der Waals surface area (Å²) in [6.07, 6.45) is 4.85. The van der Waals surface area contributed by atoms with Gasteiger partial charge in [0.25, 0.3) is 0 Å². The first-order valence-electron chi connectivity index (χ1n) is 8.85. The summed E-state index contributed by atoms with van der Waals surface area (Å²) in [6.45, 7) is 4.50.